The quantitative estimate of drug-likeness (QED) is 0.881. The normalized spacial score (nSPS) is 22.9. The number of quaternary nitrogens is 1. The second-order valence-corrected chi connectivity index (χ2v) is 7.75. The molecule has 0 saturated carbocycles. The summed E-state index contributed by atoms with van der Waals surface area (Å²) in [7, 11) is 0. The number of nitrogens with one attached hydrogen (secondary N) is 1. The summed E-state index contributed by atoms with van der Waals surface area (Å²) in [6.07, 6.45) is 1.93. The molecule has 4 rings (SSSR count). The first-order chi connectivity index (χ1) is 12.7. The van der Waals surface area contributed by atoms with Crippen LogP contribution < -0.4 is 4.90 Å². The first-order valence-electron chi connectivity index (χ1n) is 8.35. The van der Waals surface area contributed by atoms with Gasteiger partial charge < -0.3 is 9.32 Å². The molecule has 1 fully saturated rings. The molecule has 1 aromatic carbocycles. The molecule has 26 heavy (non-hydrogen) atoms. The Morgan fingerprint density at radius 3 is 2.92 bits per heavy atom. The van der Waals surface area contributed by atoms with Gasteiger partial charge in [-0.25, -0.2) is 0 Å². The Balaban J connectivity index is 1.63. The average molecular weight is 387 g/mol. The van der Waals surface area contributed by atoms with Crippen LogP contribution in [0.2, 0.25) is 5.02 Å². The molecule has 0 spiro atoms. The summed E-state index contributed by atoms with van der Waals surface area (Å²) in [4.78, 5) is 15.8. The highest BCUT2D eigenvalue weighted by Gasteiger charge is 2.40. The number of benzene rings is 1. The van der Waals surface area contributed by atoms with Crippen molar-refractivity contribution in [3.05, 3.63) is 69.6 Å². The van der Waals surface area contributed by atoms with Crippen molar-refractivity contribution in [2.24, 2.45) is 0 Å². The number of hydrogen-bond acceptors (Lipinski definition) is 4. The highest BCUT2D eigenvalue weighted by atomic mass is 35.5. The van der Waals surface area contributed by atoms with Crippen molar-refractivity contribution in [1.29, 1.82) is 5.26 Å². The Morgan fingerprint density at radius 1 is 1.35 bits per heavy atom. The highest BCUT2D eigenvalue weighted by Crippen LogP contribution is 2.42. The van der Waals surface area contributed by atoms with E-state index >= 15 is 0 Å². The van der Waals surface area contributed by atoms with Gasteiger partial charge in [-0.3, -0.25) is 9.69 Å². The fourth-order valence-corrected chi connectivity index (χ4v) is 4.93. The number of carbonyl (C=O) groups is 1. The van der Waals surface area contributed by atoms with Gasteiger partial charge in [0.1, 0.15) is 17.5 Å². The van der Waals surface area contributed by atoms with E-state index in [0.717, 1.165) is 22.2 Å². The van der Waals surface area contributed by atoms with Crippen molar-refractivity contribution in [1.82, 2.24) is 4.90 Å². The fraction of sp³-hybridized carbons (Fsp3) is 0.263. The van der Waals surface area contributed by atoms with E-state index in [4.69, 9.17) is 16.0 Å². The lowest BCUT2D eigenvalue weighted by atomic mass is 9.86. The van der Waals surface area contributed by atoms with Crippen LogP contribution in [0.1, 0.15) is 23.7 Å². The number of halogens is 1. The molecule has 2 atom stereocenters. The van der Waals surface area contributed by atoms with E-state index in [2.05, 4.69) is 6.07 Å². The van der Waals surface area contributed by atoms with Crippen molar-refractivity contribution >= 4 is 29.3 Å². The molecule has 0 radical (unpaired) electrons. The van der Waals surface area contributed by atoms with Gasteiger partial charge in [-0.2, -0.15) is 5.26 Å². The number of hydrogen-bond donors (Lipinski definition) is 1. The van der Waals surface area contributed by atoms with Gasteiger partial charge in [0.2, 0.25) is 5.91 Å². The number of fused-ring (bicyclic) bond motifs is 1. The summed E-state index contributed by atoms with van der Waals surface area (Å²) >= 11 is 7.89. The van der Waals surface area contributed by atoms with Crippen LogP contribution in [0.5, 0.6) is 0 Å². The number of allylic oxidation sites excluding steroid dienone is 1. The van der Waals surface area contributed by atoms with E-state index in [9.17, 15) is 10.1 Å². The van der Waals surface area contributed by atoms with Crippen LogP contribution >= 0.6 is 23.4 Å². The highest BCUT2D eigenvalue weighted by molar-refractivity contribution is 8.02. The molecule has 0 aliphatic carbocycles. The Bertz CT molecular complexity index is 904. The van der Waals surface area contributed by atoms with Crippen molar-refractivity contribution in [3.63, 3.8) is 0 Å². The summed E-state index contributed by atoms with van der Waals surface area (Å²) in [5, 5.41) is 11.2. The minimum absolute atomic E-state index is 0.0352. The summed E-state index contributed by atoms with van der Waals surface area (Å²) in [6, 6.07) is 13.6. The van der Waals surface area contributed by atoms with Crippen LogP contribution in [0.15, 0.2) is 57.7 Å². The lowest BCUT2D eigenvalue weighted by Gasteiger charge is -2.38. The van der Waals surface area contributed by atoms with Gasteiger partial charge in [-0.1, -0.05) is 29.8 Å². The molecular formula is C19H17ClN3O2S+. The smallest absolute Gasteiger partial charge is 0.232 e. The van der Waals surface area contributed by atoms with Crippen LogP contribution in [-0.2, 0) is 11.3 Å². The van der Waals surface area contributed by atoms with Gasteiger partial charge in [0, 0.05) is 17.4 Å². The summed E-state index contributed by atoms with van der Waals surface area (Å²) in [5.41, 5.74) is 1.48. The molecule has 1 amide bonds. The zero-order valence-electron chi connectivity index (χ0n) is 13.9. The molecule has 2 aliphatic rings. The van der Waals surface area contributed by atoms with Crippen LogP contribution in [0.3, 0.4) is 0 Å². The van der Waals surface area contributed by atoms with E-state index in [1.165, 1.54) is 4.90 Å². The molecule has 2 aliphatic heterocycles. The number of amides is 1. The third kappa shape index (κ3) is 3.14. The molecular weight excluding hydrogens is 370 g/mol. The first kappa shape index (κ1) is 17.2. The molecule has 5 nitrogen and oxygen atoms in total. The molecule has 1 N–H and O–H groups in total. The molecule has 1 saturated heterocycles. The van der Waals surface area contributed by atoms with Gasteiger partial charge in [-0.15, -0.1) is 0 Å². The molecule has 7 heteroatoms. The number of thioether (sulfide) groups is 1. The predicted molar refractivity (Wildman–Crippen MR) is 99.0 cm³/mol. The van der Waals surface area contributed by atoms with Crippen molar-refractivity contribution < 1.29 is 14.1 Å². The van der Waals surface area contributed by atoms with Gasteiger partial charge in [0.05, 0.1) is 17.9 Å². The topological polar surface area (TPSA) is 61.7 Å². The molecule has 3 heterocycles. The van der Waals surface area contributed by atoms with E-state index in [0.29, 0.717) is 23.8 Å². The second-order valence-electron chi connectivity index (χ2n) is 6.38. The van der Waals surface area contributed by atoms with E-state index in [1.54, 1.807) is 29.0 Å². The second kappa shape index (κ2) is 7.20. The first-order valence-corrected chi connectivity index (χ1v) is 9.71. The number of nitrogens with zero attached hydrogens (tertiary/aromatic N) is 2. The minimum Gasteiger partial charge on any atom is -0.463 e. The summed E-state index contributed by atoms with van der Waals surface area (Å²) in [5.74, 6) is 1.44. The van der Waals surface area contributed by atoms with Gasteiger partial charge >= 0.3 is 0 Å². The van der Waals surface area contributed by atoms with E-state index in [-0.39, 0.29) is 18.2 Å². The SMILES string of the molecule is N#CC1=C2SC[NH+](Cc3ccco3)CN2C(=O)C[C@H]1c1ccccc1Cl. The van der Waals surface area contributed by atoms with E-state index < -0.39 is 0 Å². The Morgan fingerprint density at radius 2 is 2.19 bits per heavy atom. The van der Waals surface area contributed by atoms with Gasteiger partial charge in [0.15, 0.2) is 12.4 Å². The zero-order chi connectivity index (χ0) is 18.1. The number of rotatable bonds is 3. The van der Waals surface area contributed by atoms with Crippen LogP contribution in [-0.4, -0.2) is 23.4 Å². The van der Waals surface area contributed by atoms with Crippen molar-refractivity contribution in [2.45, 2.75) is 18.9 Å². The number of furan rings is 1. The molecule has 2 aromatic rings. The van der Waals surface area contributed by atoms with Crippen molar-refractivity contribution in [3.8, 4) is 6.07 Å². The maximum atomic E-state index is 12.8. The Labute approximate surface area is 160 Å². The maximum Gasteiger partial charge on any atom is 0.232 e. The van der Waals surface area contributed by atoms with Crippen LogP contribution in [0.4, 0.5) is 0 Å². The number of nitriles is 1. The van der Waals surface area contributed by atoms with Gasteiger partial charge in [-0.05, 0) is 35.5 Å². The van der Waals surface area contributed by atoms with Crippen LogP contribution in [0, 0.1) is 11.3 Å². The number of carbonyl (C=O) groups excluding carboxylic acids is 1. The lowest BCUT2D eigenvalue weighted by Crippen LogP contribution is -3.12. The molecule has 0 bridgehead atoms. The molecule has 1 aromatic heterocycles. The van der Waals surface area contributed by atoms with Gasteiger partial charge in [0.25, 0.3) is 0 Å². The minimum atomic E-state index is -0.272. The van der Waals surface area contributed by atoms with Crippen LogP contribution in [0.25, 0.3) is 0 Å². The monoisotopic (exact) mass is 386 g/mol. The van der Waals surface area contributed by atoms with Crippen molar-refractivity contribution in [2.75, 3.05) is 12.5 Å². The molecule has 132 valence electrons. The third-order valence-electron chi connectivity index (χ3n) is 4.70. The third-order valence-corrected chi connectivity index (χ3v) is 6.31. The standard InChI is InChI=1S/C19H16ClN3O2S/c20-17-6-2-1-5-14(17)15-8-18(24)23-11-22(10-13-4-3-7-25-13)12-26-19(23)16(15)9-21/h1-7,15H,8,10-12H2/p+1/t15-/m0/s1. The van der Waals surface area contributed by atoms with E-state index in [1.807, 2.05) is 30.3 Å². The summed E-state index contributed by atoms with van der Waals surface area (Å²) < 4.78 is 5.42. The average Bonchev–Trinajstić information content (AvgIpc) is 3.15. The maximum absolute atomic E-state index is 12.8. The zero-order valence-corrected chi connectivity index (χ0v) is 15.5. The predicted octanol–water partition coefficient (Wildman–Crippen LogP) is 2.73. The Kier molecular flexibility index (Phi) is 4.77. The fourth-order valence-electron chi connectivity index (χ4n) is 3.47. The Hall–Kier alpha value is -2.20. The largest absolute Gasteiger partial charge is 0.463 e. The summed E-state index contributed by atoms with van der Waals surface area (Å²) in [6.45, 7) is 1.26. The lowest BCUT2D eigenvalue weighted by molar-refractivity contribution is -0.911. The molecule has 1 unspecified atom stereocenters.